The summed E-state index contributed by atoms with van der Waals surface area (Å²) in [7, 11) is 0. The summed E-state index contributed by atoms with van der Waals surface area (Å²) < 4.78 is 0. The van der Waals surface area contributed by atoms with Crippen LogP contribution in [0.4, 0.5) is 5.69 Å². The molecule has 0 bridgehead atoms. The lowest BCUT2D eigenvalue weighted by molar-refractivity contribution is -0.121. The van der Waals surface area contributed by atoms with Gasteiger partial charge in [0.25, 0.3) is 0 Å². The second-order valence-corrected chi connectivity index (χ2v) is 5.74. The lowest BCUT2D eigenvalue weighted by Gasteiger charge is -2.11. The molecule has 5 nitrogen and oxygen atoms in total. The first-order valence-electron chi connectivity index (χ1n) is 8.12. The van der Waals surface area contributed by atoms with E-state index in [9.17, 15) is 4.79 Å². The predicted octanol–water partition coefficient (Wildman–Crippen LogP) is 3.04. The van der Waals surface area contributed by atoms with E-state index in [1.54, 1.807) is 0 Å². The zero-order valence-corrected chi connectivity index (χ0v) is 16.0. The number of aliphatic imine (C=N–C) groups is 1. The third-order valence-corrected chi connectivity index (χ3v) is 3.95. The topological polar surface area (TPSA) is 79.5 Å². The number of nitrogens with zero attached hydrogens (tertiary/aromatic N) is 1. The van der Waals surface area contributed by atoms with Crippen LogP contribution < -0.4 is 16.4 Å². The van der Waals surface area contributed by atoms with Crippen LogP contribution in [0.1, 0.15) is 44.6 Å². The van der Waals surface area contributed by atoms with E-state index in [0.29, 0.717) is 25.0 Å². The number of amides is 1. The zero-order chi connectivity index (χ0) is 15.8. The van der Waals surface area contributed by atoms with Crippen molar-refractivity contribution in [1.82, 2.24) is 5.32 Å². The lowest BCUT2D eigenvalue weighted by Crippen LogP contribution is -2.33. The van der Waals surface area contributed by atoms with Crippen molar-refractivity contribution in [2.24, 2.45) is 10.7 Å². The zero-order valence-electron chi connectivity index (χ0n) is 13.7. The molecule has 23 heavy (non-hydrogen) atoms. The number of anilines is 1. The minimum atomic E-state index is 0. The monoisotopic (exact) mass is 430 g/mol. The van der Waals surface area contributed by atoms with Gasteiger partial charge in [-0.15, -0.1) is 24.0 Å². The summed E-state index contributed by atoms with van der Waals surface area (Å²) >= 11 is 0. The van der Waals surface area contributed by atoms with Crippen LogP contribution >= 0.6 is 24.0 Å². The summed E-state index contributed by atoms with van der Waals surface area (Å²) in [6, 6.07) is 8.43. The van der Waals surface area contributed by atoms with Crippen LogP contribution in [-0.2, 0) is 11.2 Å². The van der Waals surface area contributed by atoms with Gasteiger partial charge in [-0.25, -0.2) is 0 Å². The second kappa shape index (κ2) is 10.5. The molecule has 1 aromatic carbocycles. The molecule has 0 aliphatic heterocycles. The van der Waals surface area contributed by atoms with Gasteiger partial charge < -0.3 is 16.4 Å². The Morgan fingerprint density at radius 1 is 1.35 bits per heavy atom. The predicted molar refractivity (Wildman–Crippen MR) is 106 cm³/mol. The fourth-order valence-electron chi connectivity index (χ4n) is 2.70. The van der Waals surface area contributed by atoms with Crippen molar-refractivity contribution in [1.29, 1.82) is 0 Å². The Hall–Kier alpha value is -1.31. The Morgan fingerprint density at radius 2 is 2.09 bits per heavy atom. The maximum absolute atomic E-state index is 11.8. The standard InChI is InChI=1S/C17H26N4O.HI/c1-2-13-6-5-9-15(12-13)21-17(18)19-11-10-16(22)20-14-7-3-4-8-14;/h5-6,9,12,14H,2-4,7-8,10-11H2,1H3,(H,20,22)(H3,18,19,21);1H. The van der Waals surface area contributed by atoms with Crippen molar-refractivity contribution in [3.63, 3.8) is 0 Å². The fourth-order valence-corrected chi connectivity index (χ4v) is 2.70. The van der Waals surface area contributed by atoms with E-state index in [1.807, 2.05) is 12.1 Å². The second-order valence-electron chi connectivity index (χ2n) is 5.74. The molecule has 128 valence electrons. The van der Waals surface area contributed by atoms with E-state index in [-0.39, 0.29) is 29.9 Å². The number of benzene rings is 1. The number of hydrogen-bond acceptors (Lipinski definition) is 2. The molecule has 0 heterocycles. The van der Waals surface area contributed by atoms with Crippen LogP contribution in [0.25, 0.3) is 0 Å². The Kier molecular flexibility index (Phi) is 8.98. The number of aryl methyl sites for hydroxylation is 1. The molecular weight excluding hydrogens is 403 g/mol. The van der Waals surface area contributed by atoms with Gasteiger partial charge in [0.2, 0.25) is 5.91 Å². The number of nitrogens with two attached hydrogens (primary N) is 1. The quantitative estimate of drug-likeness (QED) is 0.369. The van der Waals surface area contributed by atoms with Crippen molar-refractivity contribution in [3.05, 3.63) is 29.8 Å². The van der Waals surface area contributed by atoms with Gasteiger partial charge in [0.1, 0.15) is 0 Å². The van der Waals surface area contributed by atoms with Crippen molar-refractivity contribution < 1.29 is 4.79 Å². The highest BCUT2D eigenvalue weighted by molar-refractivity contribution is 14.0. The van der Waals surface area contributed by atoms with E-state index in [1.165, 1.54) is 18.4 Å². The number of nitrogens with one attached hydrogen (secondary N) is 2. The average Bonchev–Trinajstić information content (AvgIpc) is 3.00. The van der Waals surface area contributed by atoms with E-state index >= 15 is 0 Å². The Morgan fingerprint density at radius 3 is 2.78 bits per heavy atom. The number of hydrogen-bond donors (Lipinski definition) is 3. The number of guanidine groups is 1. The van der Waals surface area contributed by atoms with Crippen LogP contribution in [0.15, 0.2) is 29.3 Å². The molecule has 0 spiro atoms. The first-order valence-corrected chi connectivity index (χ1v) is 8.12. The minimum absolute atomic E-state index is 0. The van der Waals surface area contributed by atoms with Crippen LogP contribution in [0.3, 0.4) is 0 Å². The minimum Gasteiger partial charge on any atom is -0.370 e. The molecule has 2 rings (SSSR count). The number of rotatable bonds is 6. The van der Waals surface area contributed by atoms with Gasteiger partial charge in [-0.05, 0) is 37.0 Å². The smallest absolute Gasteiger partial charge is 0.222 e. The molecule has 0 saturated heterocycles. The van der Waals surface area contributed by atoms with E-state index in [4.69, 9.17) is 5.73 Å². The molecule has 0 aromatic heterocycles. The van der Waals surface area contributed by atoms with Crippen LogP contribution in [0, 0.1) is 0 Å². The summed E-state index contributed by atoms with van der Waals surface area (Å²) in [5.41, 5.74) is 8.03. The maximum Gasteiger partial charge on any atom is 0.222 e. The molecule has 1 aliphatic carbocycles. The number of halogens is 1. The summed E-state index contributed by atoms with van der Waals surface area (Å²) in [5.74, 6) is 0.415. The van der Waals surface area contributed by atoms with Crippen molar-refractivity contribution in [2.75, 3.05) is 11.9 Å². The van der Waals surface area contributed by atoms with Crippen LogP contribution in [-0.4, -0.2) is 24.5 Å². The fraction of sp³-hybridized carbons (Fsp3) is 0.529. The molecule has 1 amide bonds. The van der Waals surface area contributed by atoms with Crippen LogP contribution in [0.2, 0.25) is 0 Å². The lowest BCUT2D eigenvalue weighted by atomic mass is 10.1. The van der Waals surface area contributed by atoms with Gasteiger partial charge >= 0.3 is 0 Å². The van der Waals surface area contributed by atoms with Crippen molar-refractivity contribution in [2.45, 2.75) is 51.5 Å². The number of carbonyl (C=O) groups is 1. The third-order valence-electron chi connectivity index (χ3n) is 3.95. The molecule has 1 saturated carbocycles. The largest absolute Gasteiger partial charge is 0.370 e. The highest BCUT2D eigenvalue weighted by Crippen LogP contribution is 2.17. The number of carbonyl (C=O) groups excluding carboxylic acids is 1. The summed E-state index contributed by atoms with van der Waals surface area (Å²) in [6.07, 6.45) is 6.01. The molecule has 6 heteroatoms. The first-order chi connectivity index (χ1) is 10.7. The molecule has 1 aromatic rings. The Labute approximate surface area is 155 Å². The van der Waals surface area contributed by atoms with E-state index in [2.05, 4.69) is 34.7 Å². The normalized spacial score (nSPS) is 15.1. The Balaban J connectivity index is 0.00000264. The maximum atomic E-state index is 11.8. The van der Waals surface area contributed by atoms with Crippen LogP contribution in [0.5, 0.6) is 0 Å². The molecule has 4 N–H and O–H groups in total. The molecule has 0 unspecified atom stereocenters. The van der Waals surface area contributed by atoms with E-state index in [0.717, 1.165) is 24.9 Å². The van der Waals surface area contributed by atoms with E-state index < -0.39 is 0 Å². The molecular formula is C17H27IN4O. The van der Waals surface area contributed by atoms with Crippen molar-refractivity contribution >= 4 is 41.5 Å². The molecule has 1 fully saturated rings. The average molecular weight is 430 g/mol. The van der Waals surface area contributed by atoms with Gasteiger partial charge in [0, 0.05) is 18.2 Å². The van der Waals surface area contributed by atoms with Gasteiger partial charge in [0.05, 0.1) is 6.54 Å². The Bertz CT molecular complexity index is 527. The van der Waals surface area contributed by atoms with Gasteiger partial charge in [0.15, 0.2) is 5.96 Å². The highest BCUT2D eigenvalue weighted by atomic mass is 127. The van der Waals surface area contributed by atoms with Crippen molar-refractivity contribution in [3.8, 4) is 0 Å². The molecule has 0 atom stereocenters. The van der Waals surface area contributed by atoms with Gasteiger partial charge in [-0.1, -0.05) is 31.9 Å². The molecule has 0 radical (unpaired) electrons. The summed E-state index contributed by atoms with van der Waals surface area (Å²) in [4.78, 5) is 16.0. The summed E-state index contributed by atoms with van der Waals surface area (Å²) in [6.45, 7) is 2.52. The van der Waals surface area contributed by atoms with Gasteiger partial charge in [-0.2, -0.15) is 0 Å². The van der Waals surface area contributed by atoms with Gasteiger partial charge in [-0.3, -0.25) is 9.79 Å². The SMILES string of the molecule is CCc1cccc(NC(N)=NCCC(=O)NC2CCCC2)c1.I. The first kappa shape index (κ1) is 19.7. The molecule has 1 aliphatic rings. The third kappa shape index (κ3) is 7.20. The highest BCUT2D eigenvalue weighted by Gasteiger charge is 2.16. The summed E-state index contributed by atoms with van der Waals surface area (Å²) in [5, 5.41) is 6.11.